The molecule has 1 aliphatic heterocycles. The maximum Gasteiger partial charge on any atom is 0.142 e. The van der Waals surface area contributed by atoms with E-state index in [-0.39, 0.29) is 0 Å². The predicted molar refractivity (Wildman–Crippen MR) is 98.0 cm³/mol. The van der Waals surface area contributed by atoms with E-state index in [2.05, 4.69) is 44.5 Å². The number of anilines is 2. The number of likely N-dealkylation sites (tertiary alicyclic amines) is 1. The van der Waals surface area contributed by atoms with Gasteiger partial charge in [0.1, 0.15) is 17.0 Å². The summed E-state index contributed by atoms with van der Waals surface area (Å²) in [5.41, 5.74) is 0.970. The maximum absolute atomic E-state index is 4.47. The maximum atomic E-state index is 4.47. The molecule has 0 aliphatic carbocycles. The molecule has 7 heteroatoms. The van der Waals surface area contributed by atoms with Crippen LogP contribution in [0.4, 0.5) is 11.5 Å². The van der Waals surface area contributed by atoms with Crippen molar-refractivity contribution in [2.45, 2.75) is 32.7 Å². The van der Waals surface area contributed by atoms with E-state index in [4.69, 9.17) is 0 Å². The fourth-order valence-corrected chi connectivity index (χ4v) is 4.04. The van der Waals surface area contributed by atoms with Gasteiger partial charge in [-0.2, -0.15) is 5.10 Å². The van der Waals surface area contributed by atoms with E-state index >= 15 is 0 Å². The normalized spacial score (nSPS) is 15.9. The number of rotatable bonds is 5. The van der Waals surface area contributed by atoms with Gasteiger partial charge in [-0.1, -0.05) is 6.42 Å². The van der Waals surface area contributed by atoms with E-state index < -0.39 is 0 Å². The Balaban J connectivity index is 1.42. The Labute approximate surface area is 145 Å². The molecule has 1 aliphatic rings. The number of aromatic nitrogens is 4. The quantitative estimate of drug-likeness (QED) is 0.770. The van der Waals surface area contributed by atoms with Gasteiger partial charge in [-0.15, -0.1) is 11.3 Å². The zero-order valence-electron chi connectivity index (χ0n) is 13.9. The third kappa shape index (κ3) is 3.42. The van der Waals surface area contributed by atoms with E-state index in [1.807, 2.05) is 10.9 Å². The lowest BCUT2D eigenvalue weighted by Crippen LogP contribution is -2.32. The van der Waals surface area contributed by atoms with Gasteiger partial charge in [-0.25, -0.2) is 9.97 Å². The first-order valence-corrected chi connectivity index (χ1v) is 9.32. The van der Waals surface area contributed by atoms with Gasteiger partial charge >= 0.3 is 0 Å². The highest BCUT2D eigenvalue weighted by Gasteiger charge is 2.11. The molecule has 0 aromatic carbocycles. The SMILES string of the molecule is Cc1cc2c(Nc3cnn(CCN4CCCCC4)c3)ncnc2s1. The summed E-state index contributed by atoms with van der Waals surface area (Å²) in [6, 6.07) is 2.13. The zero-order chi connectivity index (χ0) is 16.4. The van der Waals surface area contributed by atoms with Crippen LogP contribution in [0.1, 0.15) is 24.1 Å². The number of fused-ring (bicyclic) bond motifs is 1. The summed E-state index contributed by atoms with van der Waals surface area (Å²) < 4.78 is 2.01. The first-order chi connectivity index (χ1) is 11.8. The molecular formula is C17H22N6S. The van der Waals surface area contributed by atoms with Crippen molar-refractivity contribution in [1.82, 2.24) is 24.6 Å². The third-order valence-corrected chi connectivity index (χ3v) is 5.40. The van der Waals surface area contributed by atoms with Crippen molar-refractivity contribution >= 4 is 33.1 Å². The molecule has 0 bridgehead atoms. The van der Waals surface area contributed by atoms with Crippen LogP contribution in [0.15, 0.2) is 24.8 Å². The lowest BCUT2D eigenvalue weighted by Gasteiger charge is -2.26. The van der Waals surface area contributed by atoms with Gasteiger partial charge in [0, 0.05) is 17.6 Å². The van der Waals surface area contributed by atoms with Gasteiger partial charge in [-0.3, -0.25) is 4.68 Å². The van der Waals surface area contributed by atoms with E-state index in [1.165, 1.54) is 37.2 Å². The Bertz CT molecular complexity index is 817. The van der Waals surface area contributed by atoms with Crippen molar-refractivity contribution < 1.29 is 0 Å². The molecule has 3 aromatic heterocycles. The van der Waals surface area contributed by atoms with Crippen LogP contribution in [0.3, 0.4) is 0 Å². The Kier molecular flexibility index (Phi) is 4.44. The van der Waals surface area contributed by atoms with Gasteiger partial charge in [0.15, 0.2) is 0 Å². The van der Waals surface area contributed by atoms with Gasteiger partial charge in [0.25, 0.3) is 0 Å². The fourth-order valence-electron chi connectivity index (χ4n) is 3.19. The topological polar surface area (TPSA) is 58.9 Å². The summed E-state index contributed by atoms with van der Waals surface area (Å²) in [7, 11) is 0. The molecule has 4 heterocycles. The zero-order valence-corrected chi connectivity index (χ0v) is 14.7. The smallest absolute Gasteiger partial charge is 0.142 e. The largest absolute Gasteiger partial charge is 0.337 e. The number of thiophene rings is 1. The Morgan fingerprint density at radius 2 is 2.04 bits per heavy atom. The highest BCUT2D eigenvalue weighted by molar-refractivity contribution is 7.18. The van der Waals surface area contributed by atoms with Gasteiger partial charge in [0.05, 0.1) is 23.8 Å². The van der Waals surface area contributed by atoms with E-state index in [9.17, 15) is 0 Å². The molecule has 4 rings (SSSR count). The lowest BCUT2D eigenvalue weighted by molar-refractivity contribution is 0.218. The third-order valence-electron chi connectivity index (χ3n) is 4.44. The number of piperidine rings is 1. The molecule has 24 heavy (non-hydrogen) atoms. The molecule has 1 saturated heterocycles. The Morgan fingerprint density at radius 1 is 1.17 bits per heavy atom. The van der Waals surface area contributed by atoms with Crippen LogP contribution in [-0.2, 0) is 6.54 Å². The highest BCUT2D eigenvalue weighted by Crippen LogP contribution is 2.29. The second-order valence-corrected chi connectivity index (χ2v) is 7.55. The summed E-state index contributed by atoms with van der Waals surface area (Å²) in [5, 5.41) is 8.92. The summed E-state index contributed by atoms with van der Waals surface area (Å²) in [6.07, 6.45) is 9.56. The molecule has 0 saturated carbocycles. The average Bonchev–Trinajstić information content (AvgIpc) is 3.20. The van der Waals surface area contributed by atoms with Gasteiger partial charge < -0.3 is 10.2 Å². The minimum atomic E-state index is 0.847. The van der Waals surface area contributed by atoms with Crippen molar-refractivity contribution in [2.24, 2.45) is 0 Å². The van der Waals surface area contributed by atoms with E-state index in [1.54, 1.807) is 17.7 Å². The number of nitrogens with one attached hydrogen (secondary N) is 1. The second kappa shape index (κ2) is 6.86. The van der Waals surface area contributed by atoms with Crippen molar-refractivity contribution in [1.29, 1.82) is 0 Å². The Morgan fingerprint density at radius 3 is 2.92 bits per heavy atom. The van der Waals surface area contributed by atoms with Crippen molar-refractivity contribution in [3.63, 3.8) is 0 Å². The molecule has 0 amide bonds. The van der Waals surface area contributed by atoms with Crippen LogP contribution in [0.2, 0.25) is 0 Å². The molecule has 0 atom stereocenters. The first kappa shape index (κ1) is 15.5. The summed E-state index contributed by atoms with van der Waals surface area (Å²) in [5.74, 6) is 0.847. The van der Waals surface area contributed by atoms with Crippen LogP contribution in [0.25, 0.3) is 10.2 Å². The Hall–Kier alpha value is -1.99. The van der Waals surface area contributed by atoms with E-state index in [0.717, 1.165) is 34.8 Å². The summed E-state index contributed by atoms with van der Waals surface area (Å²) in [6.45, 7) is 6.54. The number of hydrogen-bond donors (Lipinski definition) is 1. The molecule has 3 aromatic rings. The molecule has 126 valence electrons. The molecule has 0 spiro atoms. The van der Waals surface area contributed by atoms with Crippen molar-refractivity contribution in [2.75, 3.05) is 25.0 Å². The predicted octanol–water partition coefficient (Wildman–Crippen LogP) is 3.43. The average molecular weight is 342 g/mol. The molecule has 0 unspecified atom stereocenters. The second-order valence-electron chi connectivity index (χ2n) is 6.32. The van der Waals surface area contributed by atoms with Crippen LogP contribution < -0.4 is 5.32 Å². The van der Waals surface area contributed by atoms with Gasteiger partial charge in [0.2, 0.25) is 0 Å². The van der Waals surface area contributed by atoms with Crippen LogP contribution >= 0.6 is 11.3 Å². The number of hydrogen-bond acceptors (Lipinski definition) is 6. The monoisotopic (exact) mass is 342 g/mol. The number of aryl methyl sites for hydroxylation is 1. The first-order valence-electron chi connectivity index (χ1n) is 8.51. The molecule has 1 fully saturated rings. The summed E-state index contributed by atoms with van der Waals surface area (Å²) in [4.78, 5) is 13.5. The highest BCUT2D eigenvalue weighted by atomic mass is 32.1. The van der Waals surface area contributed by atoms with Crippen LogP contribution in [0, 0.1) is 6.92 Å². The minimum Gasteiger partial charge on any atom is -0.337 e. The fraction of sp³-hybridized carbons (Fsp3) is 0.471. The van der Waals surface area contributed by atoms with Gasteiger partial charge in [-0.05, 0) is 38.9 Å². The van der Waals surface area contributed by atoms with Crippen molar-refractivity contribution in [3.8, 4) is 0 Å². The van der Waals surface area contributed by atoms with Crippen LogP contribution in [0.5, 0.6) is 0 Å². The van der Waals surface area contributed by atoms with E-state index in [0.29, 0.717) is 0 Å². The minimum absolute atomic E-state index is 0.847. The number of nitrogens with zero attached hydrogens (tertiary/aromatic N) is 5. The van der Waals surface area contributed by atoms with Crippen LogP contribution in [-0.4, -0.2) is 44.3 Å². The molecule has 6 nitrogen and oxygen atoms in total. The molecule has 0 radical (unpaired) electrons. The van der Waals surface area contributed by atoms with Crippen molar-refractivity contribution in [3.05, 3.63) is 29.7 Å². The standard InChI is InChI=1S/C17H22N6S/c1-13-9-15-16(18-12-19-17(15)24-13)21-14-10-20-23(11-14)8-7-22-5-3-2-4-6-22/h9-12H,2-8H2,1H3,(H,18,19,21). The summed E-state index contributed by atoms with van der Waals surface area (Å²) >= 11 is 1.69. The molecule has 1 N–H and O–H groups in total. The molecular weight excluding hydrogens is 320 g/mol. The lowest BCUT2D eigenvalue weighted by atomic mass is 10.1.